The number of likely N-dealkylation sites (tertiary alicyclic amines) is 1. The molecule has 1 saturated heterocycles. The van der Waals surface area contributed by atoms with E-state index in [9.17, 15) is 13.2 Å². The van der Waals surface area contributed by atoms with Gasteiger partial charge in [0.2, 0.25) is 10.0 Å². The molecule has 1 N–H and O–H groups in total. The molecule has 3 rings (SSSR count). The highest BCUT2D eigenvalue weighted by atomic mass is 32.2. The van der Waals surface area contributed by atoms with Crippen LogP contribution in [-0.4, -0.2) is 44.6 Å². The predicted octanol–water partition coefficient (Wildman–Crippen LogP) is 2.06. The van der Waals surface area contributed by atoms with E-state index in [1.54, 1.807) is 16.2 Å². The number of piperidine rings is 1. The summed E-state index contributed by atoms with van der Waals surface area (Å²) in [5, 5.41) is 2.68. The summed E-state index contributed by atoms with van der Waals surface area (Å²) >= 11 is 1.65. The maximum Gasteiger partial charge on any atom is 0.253 e. The lowest BCUT2D eigenvalue weighted by molar-refractivity contribution is 0.0725. The van der Waals surface area contributed by atoms with Crippen LogP contribution in [0.1, 0.15) is 23.2 Å². The van der Waals surface area contributed by atoms with E-state index >= 15 is 0 Å². The number of carbonyl (C=O) groups is 1. The second kappa shape index (κ2) is 5.98. The number of fused-ring (bicyclic) bond motifs is 1. The number of carbonyl (C=O) groups excluding carboxylic acids is 1. The maximum absolute atomic E-state index is 12.6. The Hall–Kier alpha value is -1.44. The summed E-state index contributed by atoms with van der Waals surface area (Å²) in [5.41, 5.74) is 0.667. The normalized spacial score (nSPS) is 17.0. The maximum atomic E-state index is 12.6. The van der Waals surface area contributed by atoms with Crippen LogP contribution in [0.25, 0.3) is 10.1 Å². The van der Waals surface area contributed by atoms with Gasteiger partial charge in [-0.05, 0) is 54.9 Å². The Labute approximate surface area is 134 Å². The van der Waals surface area contributed by atoms with Crippen molar-refractivity contribution < 1.29 is 13.2 Å². The summed E-state index contributed by atoms with van der Waals surface area (Å²) in [5.74, 6) is -0.0200. The molecule has 1 fully saturated rings. The molecule has 2 aromatic rings. The van der Waals surface area contributed by atoms with Gasteiger partial charge in [0.15, 0.2) is 0 Å². The summed E-state index contributed by atoms with van der Waals surface area (Å²) in [6.45, 7) is 0.957. The van der Waals surface area contributed by atoms with Gasteiger partial charge in [-0.15, -0.1) is 11.3 Å². The van der Waals surface area contributed by atoms with E-state index < -0.39 is 15.3 Å². The lowest BCUT2D eigenvalue weighted by atomic mass is 10.1. The summed E-state index contributed by atoms with van der Waals surface area (Å²) < 4.78 is 27.1. The third kappa shape index (κ3) is 2.88. The second-order valence-corrected chi connectivity index (χ2v) is 8.53. The molecule has 1 aromatic carbocycles. The Morgan fingerprint density at radius 3 is 2.68 bits per heavy atom. The van der Waals surface area contributed by atoms with Crippen LogP contribution in [0, 0.1) is 0 Å². The van der Waals surface area contributed by atoms with Crippen molar-refractivity contribution >= 4 is 37.4 Å². The van der Waals surface area contributed by atoms with E-state index in [2.05, 4.69) is 4.72 Å². The minimum absolute atomic E-state index is 0.0200. The van der Waals surface area contributed by atoms with Crippen LogP contribution in [0.15, 0.2) is 29.6 Å². The van der Waals surface area contributed by atoms with Gasteiger partial charge < -0.3 is 4.90 Å². The van der Waals surface area contributed by atoms with Crippen LogP contribution in [-0.2, 0) is 10.0 Å². The molecule has 1 aliphatic heterocycles. The monoisotopic (exact) mass is 338 g/mol. The van der Waals surface area contributed by atoms with Gasteiger partial charge in [-0.3, -0.25) is 4.79 Å². The first-order valence-electron chi connectivity index (χ1n) is 7.20. The molecule has 0 bridgehead atoms. The third-order valence-corrected chi connectivity index (χ3v) is 6.97. The highest BCUT2D eigenvalue weighted by molar-refractivity contribution is 7.90. The summed E-state index contributed by atoms with van der Waals surface area (Å²) in [4.78, 5) is 14.3. The molecule has 1 aliphatic rings. The number of hydrogen-bond donors (Lipinski definition) is 1. The van der Waals surface area contributed by atoms with E-state index in [1.807, 2.05) is 29.6 Å². The smallest absolute Gasteiger partial charge is 0.253 e. The molecule has 118 valence electrons. The highest BCUT2D eigenvalue weighted by Crippen LogP contribution is 2.24. The van der Waals surface area contributed by atoms with Gasteiger partial charge in [-0.25, -0.2) is 13.1 Å². The van der Waals surface area contributed by atoms with E-state index in [4.69, 9.17) is 0 Å². The first-order chi connectivity index (χ1) is 10.5. The molecule has 0 spiro atoms. The minimum Gasteiger partial charge on any atom is -0.339 e. The van der Waals surface area contributed by atoms with Crippen molar-refractivity contribution in [3.8, 4) is 0 Å². The zero-order chi connectivity index (χ0) is 15.7. The number of hydrogen-bond acceptors (Lipinski definition) is 4. The third-order valence-electron chi connectivity index (χ3n) is 4.15. The van der Waals surface area contributed by atoms with E-state index in [0.717, 1.165) is 10.1 Å². The average Bonchev–Trinajstić information content (AvgIpc) is 3.02. The molecule has 0 unspecified atom stereocenters. The van der Waals surface area contributed by atoms with E-state index in [1.165, 1.54) is 7.05 Å². The van der Waals surface area contributed by atoms with Crippen molar-refractivity contribution in [3.63, 3.8) is 0 Å². The number of thiophene rings is 1. The SMILES string of the molecule is CNS(=O)(=O)C1CCN(C(=O)c2ccc3sccc3c2)CC1. The van der Waals surface area contributed by atoms with Crippen LogP contribution < -0.4 is 4.72 Å². The molecule has 7 heteroatoms. The minimum atomic E-state index is -3.24. The zero-order valence-electron chi connectivity index (χ0n) is 12.3. The average molecular weight is 338 g/mol. The molecule has 1 aromatic heterocycles. The number of sulfonamides is 1. The molecule has 0 atom stereocenters. The quantitative estimate of drug-likeness (QED) is 0.931. The van der Waals surface area contributed by atoms with Gasteiger partial charge in [0.25, 0.3) is 5.91 Å². The van der Waals surface area contributed by atoms with Gasteiger partial charge in [0, 0.05) is 23.4 Å². The van der Waals surface area contributed by atoms with Crippen LogP contribution in [0.2, 0.25) is 0 Å². The van der Waals surface area contributed by atoms with Crippen molar-refractivity contribution in [2.45, 2.75) is 18.1 Å². The number of benzene rings is 1. The fourth-order valence-electron chi connectivity index (χ4n) is 2.82. The van der Waals surface area contributed by atoms with Crippen molar-refractivity contribution in [2.24, 2.45) is 0 Å². The predicted molar refractivity (Wildman–Crippen MR) is 88.7 cm³/mol. The van der Waals surface area contributed by atoms with Crippen molar-refractivity contribution in [1.82, 2.24) is 9.62 Å². The Balaban J connectivity index is 1.71. The first kappa shape index (κ1) is 15.5. The zero-order valence-corrected chi connectivity index (χ0v) is 13.9. The second-order valence-electron chi connectivity index (χ2n) is 5.41. The highest BCUT2D eigenvalue weighted by Gasteiger charge is 2.30. The Kier molecular flexibility index (Phi) is 4.20. The summed E-state index contributed by atoms with van der Waals surface area (Å²) in [6, 6.07) is 7.72. The van der Waals surface area contributed by atoms with Gasteiger partial charge in [0.05, 0.1) is 5.25 Å². The van der Waals surface area contributed by atoms with Gasteiger partial charge in [-0.1, -0.05) is 0 Å². The van der Waals surface area contributed by atoms with E-state index in [-0.39, 0.29) is 5.91 Å². The molecular formula is C15H18N2O3S2. The van der Waals surface area contributed by atoms with Crippen LogP contribution >= 0.6 is 11.3 Å². The Bertz CT molecular complexity index is 790. The van der Waals surface area contributed by atoms with Crippen LogP contribution in [0.5, 0.6) is 0 Å². The lowest BCUT2D eigenvalue weighted by Gasteiger charge is -2.31. The van der Waals surface area contributed by atoms with Gasteiger partial charge in [0.1, 0.15) is 0 Å². The van der Waals surface area contributed by atoms with Crippen LogP contribution in [0.4, 0.5) is 0 Å². The molecule has 22 heavy (non-hydrogen) atoms. The molecule has 0 radical (unpaired) electrons. The number of nitrogens with one attached hydrogen (secondary N) is 1. The van der Waals surface area contributed by atoms with E-state index in [0.29, 0.717) is 31.5 Å². The fraction of sp³-hybridized carbons (Fsp3) is 0.400. The molecule has 0 saturated carbocycles. The fourth-order valence-corrected chi connectivity index (χ4v) is 4.75. The van der Waals surface area contributed by atoms with Gasteiger partial charge in [-0.2, -0.15) is 0 Å². The number of nitrogens with zero attached hydrogens (tertiary/aromatic N) is 1. The van der Waals surface area contributed by atoms with Crippen LogP contribution in [0.3, 0.4) is 0 Å². The number of rotatable bonds is 3. The molecular weight excluding hydrogens is 320 g/mol. The largest absolute Gasteiger partial charge is 0.339 e. The number of amides is 1. The molecule has 5 nitrogen and oxygen atoms in total. The molecule has 0 aliphatic carbocycles. The molecule has 2 heterocycles. The standard InChI is InChI=1S/C15H18N2O3S2/c1-16-22(19,20)13-4-7-17(8-5-13)15(18)12-2-3-14-11(10-12)6-9-21-14/h2-3,6,9-10,13,16H,4-5,7-8H2,1H3. The Morgan fingerprint density at radius 1 is 1.27 bits per heavy atom. The van der Waals surface area contributed by atoms with Crippen molar-refractivity contribution in [1.29, 1.82) is 0 Å². The van der Waals surface area contributed by atoms with Crippen molar-refractivity contribution in [2.75, 3.05) is 20.1 Å². The molecule has 1 amide bonds. The summed E-state index contributed by atoms with van der Waals surface area (Å²) in [6.07, 6.45) is 0.964. The topological polar surface area (TPSA) is 66.5 Å². The summed E-state index contributed by atoms with van der Waals surface area (Å²) in [7, 11) is -1.81. The van der Waals surface area contributed by atoms with Crippen molar-refractivity contribution in [3.05, 3.63) is 35.2 Å². The first-order valence-corrected chi connectivity index (χ1v) is 9.63. The lowest BCUT2D eigenvalue weighted by Crippen LogP contribution is -2.44. The van der Waals surface area contributed by atoms with Gasteiger partial charge >= 0.3 is 0 Å². The Morgan fingerprint density at radius 2 is 2.00 bits per heavy atom.